The Kier molecular flexibility index (Phi) is 3.53. The number of benzene rings is 3. The Hall–Kier alpha value is -2.74. The summed E-state index contributed by atoms with van der Waals surface area (Å²) >= 11 is 0. The first-order valence-electron chi connectivity index (χ1n) is 8.15. The molecule has 0 unspecified atom stereocenters. The summed E-state index contributed by atoms with van der Waals surface area (Å²) in [7, 11) is 0. The summed E-state index contributed by atoms with van der Waals surface area (Å²) in [5.41, 5.74) is 1.83. The molecule has 0 aliphatic carbocycles. The normalized spacial score (nSPS) is 14.9. The van der Waals surface area contributed by atoms with E-state index in [0.29, 0.717) is 6.61 Å². The van der Waals surface area contributed by atoms with E-state index in [2.05, 4.69) is 50.3 Å². The van der Waals surface area contributed by atoms with E-state index in [0.717, 1.165) is 33.4 Å². The molecule has 0 amide bonds. The molecule has 0 saturated carbocycles. The number of ether oxygens (including phenoxy) is 2. The van der Waals surface area contributed by atoms with E-state index in [9.17, 15) is 0 Å². The van der Waals surface area contributed by atoms with Gasteiger partial charge in [-0.2, -0.15) is 0 Å². The Bertz CT molecular complexity index is 908. The van der Waals surface area contributed by atoms with Gasteiger partial charge in [0.25, 0.3) is 0 Å². The predicted octanol–water partition coefficient (Wildman–Crippen LogP) is 5.40. The molecule has 0 saturated heterocycles. The van der Waals surface area contributed by atoms with Crippen LogP contribution in [-0.4, -0.2) is 5.60 Å². The minimum atomic E-state index is -0.310. The van der Waals surface area contributed by atoms with Crippen molar-refractivity contribution in [3.05, 3.63) is 77.9 Å². The van der Waals surface area contributed by atoms with Crippen LogP contribution in [0.4, 0.5) is 0 Å². The standard InChI is InChI=1S/C22H19O2/c1-22(2)14-13-17-11-12-18-19(21(17)24-22)9-6-10-20(18)23-15-16-7-4-3-5-8-16/h3-10,12-14H,15H2,1-2H3. The lowest BCUT2D eigenvalue weighted by Gasteiger charge is -2.28. The zero-order valence-corrected chi connectivity index (χ0v) is 13.9. The van der Waals surface area contributed by atoms with Gasteiger partial charge in [0.1, 0.15) is 23.7 Å². The van der Waals surface area contributed by atoms with Crippen LogP contribution in [0.3, 0.4) is 0 Å². The molecular formula is C22H19O2. The molecule has 119 valence electrons. The molecule has 1 radical (unpaired) electrons. The molecule has 4 rings (SSSR count). The average Bonchev–Trinajstić information content (AvgIpc) is 2.60. The van der Waals surface area contributed by atoms with Gasteiger partial charge in [-0.25, -0.2) is 0 Å². The number of fused-ring (bicyclic) bond motifs is 3. The highest BCUT2D eigenvalue weighted by Crippen LogP contribution is 2.39. The smallest absolute Gasteiger partial charge is 0.136 e. The fraction of sp³-hybridized carbons (Fsp3) is 0.182. The Balaban J connectivity index is 1.72. The third-order valence-electron chi connectivity index (χ3n) is 4.18. The van der Waals surface area contributed by atoms with Gasteiger partial charge >= 0.3 is 0 Å². The molecule has 1 heterocycles. The second-order valence-corrected chi connectivity index (χ2v) is 6.56. The lowest BCUT2D eigenvalue weighted by molar-refractivity contribution is 0.161. The van der Waals surface area contributed by atoms with E-state index in [4.69, 9.17) is 9.47 Å². The molecule has 3 aromatic carbocycles. The molecule has 2 nitrogen and oxygen atoms in total. The van der Waals surface area contributed by atoms with Crippen LogP contribution >= 0.6 is 0 Å². The number of hydrogen-bond donors (Lipinski definition) is 0. The molecule has 0 fully saturated rings. The molecular weight excluding hydrogens is 296 g/mol. The molecule has 0 atom stereocenters. The molecule has 0 spiro atoms. The predicted molar refractivity (Wildman–Crippen MR) is 97.3 cm³/mol. The molecule has 0 aromatic heterocycles. The third kappa shape index (κ3) is 2.76. The summed E-state index contributed by atoms with van der Waals surface area (Å²) < 4.78 is 12.2. The summed E-state index contributed by atoms with van der Waals surface area (Å²) in [5, 5.41) is 2.09. The van der Waals surface area contributed by atoms with Crippen molar-refractivity contribution in [2.45, 2.75) is 26.1 Å². The molecule has 1 aliphatic rings. The van der Waals surface area contributed by atoms with Gasteiger partial charge in [-0.1, -0.05) is 48.5 Å². The van der Waals surface area contributed by atoms with Crippen LogP contribution in [0.2, 0.25) is 0 Å². The van der Waals surface area contributed by atoms with Gasteiger partial charge in [-0.05, 0) is 43.7 Å². The van der Waals surface area contributed by atoms with Gasteiger partial charge in [0.2, 0.25) is 0 Å². The zero-order chi connectivity index (χ0) is 16.6. The maximum atomic E-state index is 6.18. The van der Waals surface area contributed by atoms with Crippen LogP contribution in [0.15, 0.2) is 60.7 Å². The highest BCUT2D eigenvalue weighted by atomic mass is 16.5. The van der Waals surface area contributed by atoms with Crippen molar-refractivity contribution in [2.75, 3.05) is 0 Å². The molecule has 24 heavy (non-hydrogen) atoms. The molecule has 0 bridgehead atoms. The van der Waals surface area contributed by atoms with Crippen LogP contribution < -0.4 is 9.47 Å². The van der Waals surface area contributed by atoms with E-state index in [1.165, 1.54) is 0 Å². The van der Waals surface area contributed by atoms with Crippen molar-refractivity contribution >= 4 is 16.8 Å². The largest absolute Gasteiger partial charge is 0.488 e. The third-order valence-corrected chi connectivity index (χ3v) is 4.18. The molecule has 1 aliphatic heterocycles. The summed E-state index contributed by atoms with van der Waals surface area (Å²) in [4.78, 5) is 0. The Morgan fingerprint density at radius 1 is 1.00 bits per heavy atom. The van der Waals surface area contributed by atoms with Gasteiger partial charge in [-0.15, -0.1) is 0 Å². The van der Waals surface area contributed by atoms with Gasteiger partial charge in [0.05, 0.1) is 0 Å². The fourth-order valence-electron chi connectivity index (χ4n) is 2.93. The Morgan fingerprint density at radius 2 is 1.83 bits per heavy atom. The first-order valence-corrected chi connectivity index (χ1v) is 8.15. The number of rotatable bonds is 3. The van der Waals surface area contributed by atoms with E-state index in [-0.39, 0.29) is 5.60 Å². The fourth-order valence-corrected chi connectivity index (χ4v) is 2.93. The van der Waals surface area contributed by atoms with Crippen molar-refractivity contribution in [2.24, 2.45) is 0 Å². The van der Waals surface area contributed by atoms with Gasteiger partial charge in [0.15, 0.2) is 0 Å². The number of hydrogen-bond acceptors (Lipinski definition) is 2. The highest BCUT2D eigenvalue weighted by molar-refractivity contribution is 5.96. The molecule has 3 aromatic rings. The monoisotopic (exact) mass is 315 g/mol. The lowest BCUT2D eigenvalue weighted by atomic mass is 9.98. The summed E-state index contributed by atoms with van der Waals surface area (Å²) in [6.45, 7) is 4.66. The Labute approximate surface area is 142 Å². The zero-order valence-electron chi connectivity index (χ0n) is 13.9. The second kappa shape index (κ2) is 5.72. The van der Waals surface area contributed by atoms with Crippen LogP contribution in [-0.2, 0) is 6.61 Å². The topological polar surface area (TPSA) is 18.5 Å². The summed E-state index contributed by atoms with van der Waals surface area (Å²) in [6, 6.07) is 21.6. The van der Waals surface area contributed by atoms with Gasteiger partial charge in [-0.3, -0.25) is 0 Å². The van der Waals surface area contributed by atoms with Crippen molar-refractivity contribution < 1.29 is 9.47 Å². The van der Waals surface area contributed by atoms with Crippen LogP contribution in [0.5, 0.6) is 11.5 Å². The summed E-state index contributed by atoms with van der Waals surface area (Å²) in [6.07, 6.45) is 4.14. The van der Waals surface area contributed by atoms with Crippen LogP contribution in [0, 0.1) is 6.07 Å². The minimum Gasteiger partial charge on any atom is -0.488 e. The first-order chi connectivity index (χ1) is 11.6. The quantitative estimate of drug-likeness (QED) is 0.644. The Morgan fingerprint density at radius 3 is 2.67 bits per heavy atom. The minimum absolute atomic E-state index is 0.310. The van der Waals surface area contributed by atoms with E-state index < -0.39 is 0 Å². The SMILES string of the molecule is CC1(C)C=Cc2[c]cc3c(OCc4ccccc4)cccc3c2O1. The molecule has 2 heteroatoms. The van der Waals surface area contributed by atoms with Crippen molar-refractivity contribution in [3.63, 3.8) is 0 Å². The average molecular weight is 315 g/mol. The maximum absolute atomic E-state index is 6.18. The van der Waals surface area contributed by atoms with Crippen molar-refractivity contribution in [3.8, 4) is 11.5 Å². The van der Waals surface area contributed by atoms with Gasteiger partial charge < -0.3 is 9.47 Å². The molecule has 0 N–H and O–H groups in total. The van der Waals surface area contributed by atoms with Crippen molar-refractivity contribution in [1.29, 1.82) is 0 Å². The van der Waals surface area contributed by atoms with E-state index >= 15 is 0 Å². The lowest BCUT2D eigenvalue weighted by Crippen LogP contribution is -2.27. The first kappa shape index (κ1) is 14.8. The summed E-state index contributed by atoms with van der Waals surface area (Å²) in [5.74, 6) is 1.73. The van der Waals surface area contributed by atoms with E-state index in [1.54, 1.807) is 0 Å². The van der Waals surface area contributed by atoms with Crippen LogP contribution in [0.25, 0.3) is 16.8 Å². The van der Waals surface area contributed by atoms with Crippen LogP contribution in [0.1, 0.15) is 25.0 Å². The maximum Gasteiger partial charge on any atom is 0.136 e. The second-order valence-electron chi connectivity index (χ2n) is 6.56. The van der Waals surface area contributed by atoms with Gasteiger partial charge in [0, 0.05) is 16.3 Å². The van der Waals surface area contributed by atoms with E-state index in [1.807, 2.05) is 36.4 Å². The highest BCUT2D eigenvalue weighted by Gasteiger charge is 2.23. The van der Waals surface area contributed by atoms with Crippen molar-refractivity contribution in [1.82, 2.24) is 0 Å².